The molecule has 0 amide bonds. The van der Waals surface area contributed by atoms with Crippen LogP contribution in [0, 0.1) is 0 Å². The van der Waals surface area contributed by atoms with Crippen LogP contribution in [0.1, 0.15) is 22.8 Å². The molecule has 5 heterocycles. The molecule has 8 bridgehead atoms. The molecule has 2 aliphatic heterocycles. The molecule has 0 unspecified atom stereocenters. The molecule has 4 aromatic carbocycles. The summed E-state index contributed by atoms with van der Waals surface area (Å²) >= 11 is 0. The standard InChI is InChI=1S/C48H38N4O4.Cu/c1-53-39-18-5-30(6-19-39)45-43-26-15-36(51-43)28-35-12-11-33(49-35)27-34-13-14-37(50-34)29-44-46(31-7-20-40(54-2)21-8-31)47(32-9-22-41(55-3)23-10-32)48(45)52(44)38-16-24-42(56-4)25-17-38;/h5-29,49H,1-4H3;. The summed E-state index contributed by atoms with van der Waals surface area (Å²) in [6.45, 7) is 0. The number of hydrogen-bond acceptors (Lipinski definition) is 6. The van der Waals surface area contributed by atoms with Gasteiger partial charge < -0.3 is 28.5 Å². The van der Waals surface area contributed by atoms with Crippen LogP contribution in [0.4, 0.5) is 0 Å². The van der Waals surface area contributed by atoms with Crippen LogP contribution in [-0.4, -0.2) is 48.0 Å². The average Bonchev–Trinajstić information content (AvgIpc) is 4.06. The third-order valence-corrected chi connectivity index (χ3v) is 10.1. The van der Waals surface area contributed by atoms with Crippen LogP contribution in [0.5, 0.6) is 23.0 Å². The second-order valence-electron chi connectivity index (χ2n) is 13.4. The van der Waals surface area contributed by atoms with E-state index >= 15 is 0 Å². The van der Waals surface area contributed by atoms with Gasteiger partial charge >= 0.3 is 0 Å². The van der Waals surface area contributed by atoms with E-state index in [-0.39, 0.29) is 17.1 Å². The van der Waals surface area contributed by atoms with Gasteiger partial charge in [0.1, 0.15) is 23.0 Å². The molecule has 9 heteroatoms. The number of hydrogen-bond donors (Lipinski definition) is 1. The number of fused-ring (bicyclic) bond motifs is 8. The molecular weight excluding hydrogens is 760 g/mol. The van der Waals surface area contributed by atoms with Crippen LogP contribution in [-0.2, 0) is 17.1 Å². The number of rotatable bonds is 8. The van der Waals surface area contributed by atoms with Crippen molar-refractivity contribution in [2.45, 2.75) is 0 Å². The maximum Gasteiger partial charge on any atom is 0.119 e. The van der Waals surface area contributed by atoms with Gasteiger partial charge in [0.2, 0.25) is 0 Å². The molecule has 1 N–H and O–H groups in total. The van der Waals surface area contributed by atoms with Crippen molar-refractivity contribution >= 4 is 46.4 Å². The minimum atomic E-state index is 0. The van der Waals surface area contributed by atoms with Crippen molar-refractivity contribution in [1.82, 2.24) is 19.5 Å². The molecular formula is C48H38CuN4O4. The molecule has 0 saturated carbocycles. The summed E-state index contributed by atoms with van der Waals surface area (Å²) in [6.07, 6.45) is 8.28. The van der Waals surface area contributed by atoms with Gasteiger partial charge in [-0.3, -0.25) is 0 Å². The van der Waals surface area contributed by atoms with Gasteiger partial charge in [0.05, 0.1) is 62.2 Å². The molecule has 0 fully saturated rings. The van der Waals surface area contributed by atoms with E-state index in [1.807, 2.05) is 54.6 Å². The van der Waals surface area contributed by atoms with Crippen molar-refractivity contribution in [3.05, 3.63) is 150 Å². The van der Waals surface area contributed by atoms with Gasteiger partial charge in [-0.05, 0) is 132 Å². The second kappa shape index (κ2) is 15.7. The Morgan fingerprint density at radius 1 is 0.439 bits per heavy atom. The zero-order valence-electron chi connectivity index (χ0n) is 31.7. The maximum absolute atomic E-state index is 5.65. The molecule has 285 valence electrons. The summed E-state index contributed by atoms with van der Waals surface area (Å²) in [5.41, 5.74) is 14.0. The van der Waals surface area contributed by atoms with Crippen molar-refractivity contribution in [2.75, 3.05) is 28.4 Å². The number of aromatic amines is 1. The van der Waals surface area contributed by atoms with Gasteiger partial charge in [-0.25, -0.2) is 9.97 Å². The predicted octanol–water partition coefficient (Wildman–Crippen LogP) is 11.2. The summed E-state index contributed by atoms with van der Waals surface area (Å²) in [4.78, 5) is 14.0. The second-order valence-corrected chi connectivity index (χ2v) is 13.4. The number of ether oxygens (including phenoxy) is 4. The molecule has 8 nitrogen and oxygen atoms in total. The molecule has 57 heavy (non-hydrogen) atoms. The van der Waals surface area contributed by atoms with Crippen LogP contribution < -0.4 is 18.9 Å². The molecule has 2 aliphatic rings. The fraction of sp³-hybridized carbons (Fsp3) is 0.0833. The van der Waals surface area contributed by atoms with Gasteiger partial charge in [-0.2, -0.15) is 0 Å². The number of nitrogens with zero attached hydrogens (tertiary/aromatic N) is 3. The smallest absolute Gasteiger partial charge is 0.119 e. The molecule has 0 aliphatic carbocycles. The topological polar surface area (TPSA) is 83.4 Å². The summed E-state index contributed by atoms with van der Waals surface area (Å²) < 4.78 is 24.9. The summed E-state index contributed by atoms with van der Waals surface area (Å²) in [6, 6.07) is 43.3. The van der Waals surface area contributed by atoms with E-state index in [4.69, 9.17) is 28.9 Å². The van der Waals surface area contributed by atoms with Crippen LogP contribution >= 0.6 is 0 Å². The Morgan fingerprint density at radius 2 is 0.860 bits per heavy atom. The first-order valence-corrected chi connectivity index (χ1v) is 18.3. The molecule has 1 radical (unpaired) electrons. The first kappa shape index (κ1) is 37.1. The Kier molecular flexibility index (Phi) is 10.3. The van der Waals surface area contributed by atoms with E-state index in [1.54, 1.807) is 28.4 Å². The summed E-state index contributed by atoms with van der Waals surface area (Å²) in [5.74, 6) is 3.06. The van der Waals surface area contributed by atoms with Crippen LogP contribution in [0.3, 0.4) is 0 Å². The molecule has 7 aromatic rings. The van der Waals surface area contributed by atoms with Gasteiger partial charge in [-0.1, -0.05) is 36.4 Å². The van der Waals surface area contributed by atoms with E-state index in [0.717, 1.165) is 107 Å². The van der Waals surface area contributed by atoms with Gasteiger partial charge in [-0.15, -0.1) is 0 Å². The molecule has 9 rings (SSSR count). The van der Waals surface area contributed by atoms with Crippen molar-refractivity contribution in [3.8, 4) is 62.1 Å². The van der Waals surface area contributed by atoms with Crippen LogP contribution in [0.15, 0.2) is 127 Å². The normalized spacial score (nSPS) is 11.6. The van der Waals surface area contributed by atoms with E-state index in [2.05, 4.69) is 107 Å². The van der Waals surface area contributed by atoms with Gasteiger partial charge in [0, 0.05) is 50.5 Å². The Morgan fingerprint density at radius 3 is 1.37 bits per heavy atom. The van der Waals surface area contributed by atoms with Gasteiger partial charge in [0.15, 0.2) is 0 Å². The minimum Gasteiger partial charge on any atom is -0.497 e. The largest absolute Gasteiger partial charge is 0.497 e. The number of nitrogens with one attached hydrogen (secondary N) is 1. The van der Waals surface area contributed by atoms with E-state index in [1.165, 1.54) is 0 Å². The Hall–Kier alpha value is -6.80. The van der Waals surface area contributed by atoms with E-state index in [9.17, 15) is 0 Å². The Labute approximate surface area is 341 Å². The first-order valence-electron chi connectivity index (χ1n) is 18.3. The summed E-state index contributed by atoms with van der Waals surface area (Å²) in [7, 11) is 6.74. The first-order chi connectivity index (χ1) is 27.5. The molecule has 0 spiro atoms. The zero-order chi connectivity index (χ0) is 38.2. The van der Waals surface area contributed by atoms with Crippen LogP contribution in [0.2, 0.25) is 0 Å². The molecule has 0 saturated heterocycles. The maximum atomic E-state index is 5.65. The minimum absolute atomic E-state index is 0. The molecule has 0 atom stereocenters. The third kappa shape index (κ3) is 7.11. The van der Waals surface area contributed by atoms with E-state index < -0.39 is 0 Å². The van der Waals surface area contributed by atoms with Crippen molar-refractivity contribution in [2.24, 2.45) is 0 Å². The molecule has 3 aromatic heterocycles. The fourth-order valence-corrected chi connectivity index (χ4v) is 7.43. The van der Waals surface area contributed by atoms with Crippen molar-refractivity contribution in [3.63, 3.8) is 0 Å². The zero-order valence-corrected chi connectivity index (χ0v) is 32.7. The van der Waals surface area contributed by atoms with Gasteiger partial charge in [0.25, 0.3) is 0 Å². The summed E-state index contributed by atoms with van der Waals surface area (Å²) in [5, 5.41) is 0. The van der Waals surface area contributed by atoms with Crippen LogP contribution in [0.25, 0.3) is 85.4 Å². The monoisotopic (exact) mass is 797 g/mol. The number of methoxy groups -OCH3 is 4. The average molecular weight is 798 g/mol. The third-order valence-electron chi connectivity index (χ3n) is 10.1. The number of H-pyrrole nitrogens is 1. The number of aromatic nitrogens is 4. The Balaban J connectivity index is 0.00000455. The van der Waals surface area contributed by atoms with Crippen molar-refractivity contribution < 1.29 is 36.0 Å². The Bertz CT molecular complexity index is 2820. The number of benzene rings is 4. The van der Waals surface area contributed by atoms with Crippen molar-refractivity contribution in [1.29, 1.82) is 0 Å². The predicted molar refractivity (Wildman–Crippen MR) is 226 cm³/mol. The van der Waals surface area contributed by atoms with E-state index in [0.29, 0.717) is 0 Å². The fourth-order valence-electron chi connectivity index (χ4n) is 7.43. The quantitative estimate of drug-likeness (QED) is 0.154. The SMILES string of the molecule is COc1ccc(-c2c(-c3ccc(OC)cc3)c3c(-c4ccc(OC)cc4)c4nc(cc5ccc(cc6nc(cc2n3-c2ccc(OC)cc2)C=C6)[nH]5)C=C4)cc1.[Cu].